The lowest BCUT2D eigenvalue weighted by atomic mass is 10.0. The van der Waals surface area contributed by atoms with E-state index in [-0.39, 0.29) is 12.1 Å². The van der Waals surface area contributed by atoms with Gasteiger partial charge < -0.3 is 25.6 Å². The predicted molar refractivity (Wildman–Crippen MR) is 75.4 cm³/mol. The molecule has 0 spiro atoms. The predicted octanol–water partition coefficient (Wildman–Crippen LogP) is -0.667. The van der Waals surface area contributed by atoms with Crippen molar-refractivity contribution in [3.05, 3.63) is 46.2 Å². The molecule has 1 aromatic carbocycles. The summed E-state index contributed by atoms with van der Waals surface area (Å²) >= 11 is 0. The zero-order valence-electron chi connectivity index (χ0n) is 11.0. The number of benzene rings is 1. The molecular formula is C14H18N2O4. The SMILES string of the molecule is O=c1[nH]c2ccccc2cc1CNC(CO)(CO)CO. The number of aromatic amines is 1. The van der Waals surface area contributed by atoms with Gasteiger partial charge in [0.2, 0.25) is 0 Å². The van der Waals surface area contributed by atoms with Crippen LogP contribution in [0, 0.1) is 0 Å². The number of aliphatic hydroxyl groups is 3. The van der Waals surface area contributed by atoms with Gasteiger partial charge in [-0.1, -0.05) is 18.2 Å². The molecule has 6 heteroatoms. The van der Waals surface area contributed by atoms with Crippen molar-refractivity contribution in [2.24, 2.45) is 0 Å². The Morgan fingerprint density at radius 3 is 2.40 bits per heavy atom. The molecule has 1 heterocycles. The lowest BCUT2D eigenvalue weighted by Gasteiger charge is -2.28. The Bertz CT molecular complexity index is 626. The van der Waals surface area contributed by atoms with E-state index in [9.17, 15) is 20.1 Å². The highest BCUT2D eigenvalue weighted by atomic mass is 16.3. The van der Waals surface area contributed by atoms with Gasteiger partial charge in [-0.2, -0.15) is 0 Å². The number of hydrogen-bond acceptors (Lipinski definition) is 5. The van der Waals surface area contributed by atoms with Gasteiger partial charge in [0.05, 0.1) is 25.4 Å². The summed E-state index contributed by atoms with van der Waals surface area (Å²) in [6, 6.07) is 9.15. The minimum atomic E-state index is -1.20. The average Bonchev–Trinajstić information content (AvgIpc) is 2.49. The number of aliphatic hydroxyl groups excluding tert-OH is 3. The monoisotopic (exact) mass is 278 g/mol. The van der Waals surface area contributed by atoms with Crippen LogP contribution in [0.2, 0.25) is 0 Å². The van der Waals surface area contributed by atoms with E-state index in [1.54, 1.807) is 6.07 Å². The summed E-state index contributed by atoms with van der Waals surface area (Å²) in [4.78, 5) is 14.7. The fourth-order valence-electron chi connectivity index (χ4n) is 1.92. The molecule has 0 atom stereocenters. The van der Waals surface area contributed by atoms with Crippen LogP contribution >= 0.6 is 0 Å². The van der Waals surface area contributed by atoms with Crippen molar-refractivity contribution in [3.8, 4) is 0 Å². The van der Waals surface area contributed by atoms with Crippen molar-refractivity contribution in [3.63, 3.8) is 0 Å². The standard InChI is InChI=1S/C14H18N2O4/c17-7-14(8-18,9-19)15-6-11-5-10-3-1-2-4-12(10)16-13(11)20/h1-5,15,17-19H,6-9H2,(H,16,20). The van der Waals surface area contributed by atoms with Gasteiger partial charge in [-0.3, -0.25) is 4.79 Å². The number of pyridine rings is 1. The maximum Gasteiger partial charge on any atom is 0.252 e. The van der Waals surface area contributed by atoms with Gasteiger partial charge in [0.25, 0.3) is 5.56 Å². The zero-order valence-corrected chi connectivity index (χ0v) is 11.0. The number of fused-ring (bicyclic) bond motifs is 1. The summed E-state index contributed by atoms with van der Waals surface area (Å²) < 4.78 is 0. The molecule has 0 saturated carbocycles. The van der Waals surface area contributed by atoms with Crippen LogP contribution in [0.25, 0.3) is 10.9 Å². The van der Waals surface area contributed by atoms with E-state index in [4.69, 9.17) is 0 Å². The minimum Gasteiger partial charge on any atom is -0.394 e. The van der Waals surface area contributed by atoms with E-state index in [0.29, 0.717) is 5.56 Å². The van der Waals surface area contributed by atoms with Crippen LogP contribution in [0.5, 0.6) is 0 Å². The van der Waals surface area contributed by atoms with Crippen molar-refractivity contribution in [2.45, 2.75) is 12.1 Å². The van der Waals surface area contributed by atoms with E-state index >= 15 is 0 Å². The first kappa shape index (κ1) is 14.7. The van der Waals surface area contributed by atoms with Gasteiger partial charge in [-0.05, 0) is 17.5 Å². The highest BCUT2D eigenvalue weighted by Crippen LogP contribution is 2.11. The molecule has 0 aliphatic carbocycles. The molecule has 6 nitrogen and oxygen atoms in total. The number of para-hydroxylation sites is 1. The van der Waals surface area contributed by atoms with E-state index in [1.165, 1.54) is 0 Å². The molecule has 0 aliphatic rings. The van der Waals surface area contributed by atoms with Crippen LogP contribution in [0.1, 0.15) is 5.56 Å². The van der Waals surface area contributed by atoms with Crippen LogP contribution in [0.4, 0.5) is 0 Å². The van der Waals surface area contributed by atoms with Crippen LogP contribution in [0.15, 0.2) is 35.1 Å². The highest BCUT2D eigenvalue weighted by Gasteiger charge is 2.27. The number of aromatic nitrogens is 1. The van der Waals surface area contributed by atoms with Crippen LogP contribution in [-0.2, 0) is 6.54 Å². The molecule has 0 fully saturated rings. The van der Waals surface area contributed by atoms with Gasteiger partial charge in [0.1, 0.15) is 0 Å². The van der Waals surface area contributed by atoms with Crippen molar-refractivity contribution in [2.75, 3.05) is 19.8 Å². The molecule has 0 aliphatic heterocycles. The Morgan fingerprint density at radius 2 is 1.75 bits per heavy atom. The molecule has 0 bridgehead atoms. The largest absolute Gasteiger partial charge is 0.394 e. The Labute approximate surface area is 115 Å². The first-order valence-electron chi connectivity index (χ1n) is 6.33. The summed E-state index contributed by atoms with van der Waals surface area (Å²) in [5, 5.41) is 31.4. The van der Waals surface area contributed by atoms with Crippen LogP contribution in [-0.4, -0.2) is 45.7 Å². The van der Waals surface area contributed by atoms with E-state index in [1.807, 2.05) is 24.3 Å². The van der Waals surface area contributed by atoms with E-state index < -0.39 is 25.4 Å². The topological polar surface area (TPSA) is 106 Å². The van der Waals surface area contributed by atoms with Crippen molar-refractivity contribution < 1.29 is 15.3 Å². The number of H-pyrrole nitrogens is 1. The Kier molecular flexibility index (Phi) is 4.51. The van der Waals surface area contributed by atoms with E-state index in [2.05, 4.69) is 10.3 Å². The molecular weight excluding hydrogens is 260 g/mol. The number of rotatable bonds is 6. The Morgan fingerprint density at radius 1 is 1.10 bits per heavy atom. The van der Waals surface area contributed by atoms with Gasteiger partial charge in [0.15, 0.2) is 0 Å². The average molecular weight is 278 g/mol. The number of nitrogens with one attached hydrogen (secondary N) is 2. The number of hydrogen-bond donors (Lipinski definition) is 5. The van der Waals surface area contributed by atoms with Gasteiger partial charge in [-0.15, -0.1) is 0 Å². The maximum atomic E-state index is 11.9. The second kappa shape index (κ2) is 6.15. The third-order valence-corrected chi connectivity index (χ3v) is 3.39. The van der Waals surface area contributed by atoms with Crippen molar-refractivity contribution >= 4 is 10.9 Å². The first-order valence-corrected chi connectivity index (χ1v) is 6.33. The molecule has 2 aromatic rings. The maximum absolute atomic E-state index is 11.9. The molecule has 1 aromatic heterocycles. The van der Waals surface area contributed by atoms with E-state index in [0.717, 1.165) is 10.9 Å². The van der Waals surface area contributed by atoms with Crippen LogP contribution in [0.3, 0.4) is 0 Å². The summed E-state index contributed by atoms with van der Waals surface area (Å²) in [7, 11) is 0. The molecule has 108 valence electrons. The third-order valence-electron chi connectivity index (χ3n) is 3.39. The highest BCUT2D eigenvalue weighted by molar-refractivity contribution is 5.78. The Balaban J connectivity index is 2.25. The third kappa shape index (κ3) is 2.88. The summed E-state index contributed by atoms with van der Waals surface area (Å²) in [5.41, 5.74) is -0.209. The summed E-state index contributed by atoms with van der Waals surface area (Å²) in [5.74, 6) is 0. The van der Waals surface area contributed by atoms with Crippen molar-refractivity contribution in [1.82, 2.24) is 10.3 Å². The lowest BCUT2D eigenvalue weighted by molar-refractivity contribution is 0.0413. The zero-order chi connectivity index (χ0) is 14.6. The molecule has 0 amide bonds. The van der Waals surface area contributed by atoms with Crippen LogP contribution < -0.4 is 10.9 Å². The summed E-state index contributed by atoms with van der Waals surface area (Å²) in [6.07, 6.45) is 0. The van der Waals surface area contributed by atoms with Crippen molar-refractivity contribution in [1.29, 1.82) is 0 Å². The molecule has 2 rings (SSSR count). The molecule has 5 N–H and O–H groups in total. The van der Waals surface area contributed by atoms with Gasteiger partial charge in [0, 0.05) is 17.6 Å². The van der Waals surface area contributed by atoms with Gasteiger partial charge in [-0.25, -0.2) is 0 Å². The minimum absolute atomic E-state index is 0.141. The molecule has 0 radical (unpaired) electrons. The second-order valence-corrected chi connectivity index (χ2v) is 4.82. The quantitative estimate of drug-likeness (QED) is 0.482. The first-order chi connectivity index (χ1) is 9.64. The smallest absolute Gasteiger partial charge is 0.252 e. The molecule has 0 saturated heterocycles. The fraction of sp³-hybridized carbons (Fsp3) is 0.357. The lowest BCUT2D eigenvalue weighted by Crippen LogP contribution is -2.54. The fourth-order valence-corrected chi connectivity index (χ4v) is 1.92. The normalized spacial score (nSPS) is 11.9. The molecule has 20 heavy (non-hydrogen) atoms. The summed E-state index contributed by atoms with van der Waals surface area (Å²) in [6.45, 7) is -1.13. The second-order valence-electron chi connectivity index (χ2n) is 4.82. The molecule has 0 unspecified atom stereocenters. The van der Waals surface area contributed by atoms with Gasteiger partial charge >= 0.3 is 0 Å². The Hall–Kier alpha value is -1.73.